The number of carbonyl (C=O) groups excluding carboxylic acids is 3. The van der Waals surface area contributed by atoms with Gasteiger partial charge in [-0.3, -0.25) is 14.9 Å². The average Bonchev–Trinajstić information content (AvgIpc) is 2.74. The Morgan fingerprint density at radius 2 is 1.84 bits per heavy atom. The van der Waals surface area contributed by atoms with Crippen molar-refractivity contribution in [1.82, 2.24) is 5.32 Å². The zero-order valence-electron chi connectivity index (χ0n) is 18.6. The lowest BCUT2D eigenvalue weighted by molar-refractivity contribution is -0.122. The van der Waals surface area contributed by atoms with Crippen LogP contribution < -0.4 is 19.7 Å². The third-order valence-corrected chi connectivity index (χ3v) is 5.59. The van der Waals surface area contributed by atoms with Crippen LogP contribution >= 0.6 is 11.6 Å². The standard InChI is InChI=1S/C24H25ClN2O5/c1-6-15(4)32-21-19(25)11-16(12-20(21)31-5)10-18-22(28)26-24(30)27(23(18)29)17-8-7-13(2)14(3)9-17/h7-12,15H,6H2,1-5H3,(H,26,28,30)/b18-10+. The lowest BCUT2D eigenvalue weighted by Crippen LogP contribution is -2.54. The first-order chi connectivity index (χ1) is 15.2. The van der Waals surface area contributed by atoms with E-state index in [0.717, 1.165) is 22.4 Å². The van der Waals surface area contributed by atoms with Gasteiger partial charge in [-0.15, -0.1) is 0 Å². The minimum absolute atomic E-state index is 0.0751. The van der Waals surface area contributed by atoms with Crippen LogP contribution in [0.5, 0.6) is 11.5 Å². The fourth-order valence-electron chi connectivity index (χ4n) is 3.15. The van der Waals surface area contributed by atoms with E-state index in [1.54, 1.807) is 24.3 Å². The van der Waals surface area contributed by atoms with Crippen molar-refractivity contribution in [1.29, 1.82) is 0 Å². The Kier molecular flexibility index (Phi) is 6.89. The molecular formula is C24H25ClN2O5. The lowest BCUT2D eigenvalue weighted by atomic mass is 10.0. The minimum Gasteiger partial charge on any atom is -0.493 e. The molecule has 1 aliphatic heterocycles. The number of aryl methyl sites for hydroxylation is 2. The van der Waals surface area contributed by atoms with Crippen LogP contribution in [0.25, 0.3) is 6.08 Å². The van der Waals surface area contributed by atoms with Gasteiger partial charge in [-0.25, -0.2) is 9.69 Å². The van der Waals surface area contributed by atoms with Gasteiger partial charge in [0, 0.05) is 0 Å². The molecule has 1 saturated heterocycles. The second-order valence-electron chi connectivity index (χ2n) is 7.60. The molecule has 32 heavy (non-hydrogen) atoms. The van der Waals surface area contributed by atoms with E-state index in [1.165, 1.54) is 13.2 Å². The van der Waals surface area contributed by atoms with E-state index in [0.29, 0.717) is 22.7 Å². The summed E-state index contributed by atoms with van der Waals surface area (Å²) in [5.74, 6) is -0.750. The number of nitrogens with one attached hydrogen (secondary N) is 1. The summed E-state index contributed by atoms with van der Waals surface area (Å²) in [6, 6.07) is 7.59. The van der Waals surface area contributed by atoms with E-state index in [4.69, 9.17) is 21.1 Å². The van der Waals surface area contributed by atoms with Crippen LogP contribution in [-0.4, -0.2) is 31.1 Å². The number of carbonyl (C=O) groups is 3. The molecule has 3 rings (SSSR count). The second-order valence-corrected chi connectivity index (χ2v) is 8.00. The second kappa shape index (κ2) is 9.44. The number of nitrogens with zero attached hydrogens (tertiary/aromatic N) is 1. The van der Waals surface area contributed by atoms with E-state index >= 15 is 0 Å². The number of amides is 4. The van der Waals surface area contributed by atoms with Crippen molar-refractivity contribution in [2.75, 3.05) is 12.0 Å². The van der Waals surface area contributed by atoms with Crippen molar-refractivity contribution in [2.24, 2.45) is 0 Å². The van der Waals surface area contributed by atoms with Gasteiger partial charge in [-0.2, -0.15) is 0 Å². The molecule has 0 aliphatic carbocycles. The van der Waals surface area contributed by atoms with Gasteiger partial charge in [0.2, 0.25) is 0 Å². The molecule has 0 bridgehead atoms. The summed E-state index contributed by atoms with van der Waals surface area (Å²) in [5.41, 5.74) is 2.57. The van der Waals surface area contributed by atoms with E-state index in [1.807, 2.05) is 33.8 Å². The first kappa shape index (κ1) is 23.3. The summed E-state index contributed by atoms with van der Waals surface area (Å²) in [4.78, 5) is 39.0. The van der Waals surface area contributed by atoms with Crippen LogP contribution in [-0.2, 0) is 9.59 Å². The van der Waals surface area contributed by atoms with Crippen LogP contribution in [0.15, 0.2) is 35.9 Å². The summed E-state index contributed by atoms with van der Waals surface area (Å²) in [7, 11) is 1.48. The van der Waals surface area contributed by atoms with Crippen molar-refractivity contribution in [3.8, 4) is 11.5 Å². The predicted molar refractivity (Wildman–Crippen MR) is 123 cm³/mol. The topological polar surface area (TPSA) is 84.9 Å². The number of rotatable bonds is 6. The number of hydrogen-bond acceptors (Lipinski definition) is 5. The van der Waals surface area contributed by atoms with E-state index in [-0.39, 0.29) is 16.7 Å². The number of imide groups is 2. The first-order valence-electron chi connectivity index (χ1n) is 10.2. The molecule has 1 N–H and O–H groups in total. The molecule has 1 fully saturated rings. The molecule has 8 heteroatoms. The number of anilines is 1. The number of halogens is 1. The third kappa shape index (κ3) is 4.62. The Bertz CT molecular complexity index is 1130. The molecule has 0 aromatic heterocycles. The quantitative estimate of drug-likeness (QED) is 0.498. The maximum atomic E-state index is 13.1. The maximum absolute atomic E-state index is 13.1. The normalized spacial score (nSPS) is 16.2. The van der Waals surface area contributed by atoms with E-state index in [9.17, 15) is 14.4 Å². The summed E-state index contributed by atoms with van der Waals surface area (Å²) in [6.07, 6.45) is 2.08. The first-order valence-corrected chi connectivity index (χ1v) is 10.6. The SMILES string of the molecule is CCC(C)Oc1c(Cl)cc(/C=C2\C(=O)NC(=O)N(c3ccc(C)c(C)c3)C2=O)cc1OC. The molecule has 1 aliphatic rings. The molecule has 2 aromatic rings. The number of benzene rings is 2. The Balaban J connectivity index is 2.02. The van der Waals surface area contributed by atoms with Crippen molar-refractivity contribution in [2.45, 2.75) is 40.2 Å². The molecule has 0 spiro atoms. The summed E-state index contributed by atoms with van der Waals surface area (Å²) in [5, 5.41) is 2.50. The van der Waals surface area contributed by atoms with Crippen LogP contribution in [0.4, 0.5) is 10.5 Å². The Morgan fingerprint density at radius 1 is 1.12 bits per heavy atom. The van der Waals surface area contributed by atoms with Crippen LogP contribution in [0.2, 0.25) is 5.02 Å². The molecule has 1 unspecified atom stereocenters. The molecule has 7 nitrogen and oxygen atoms in total. The molecule has 2 aromatic carbocycles. The summed E-state index contributed by atoms with van der Waals surface area (Å²) in [6.45, 7) is 7.71. The number of barbiturate groups is 1. The molecule has 1 atom stereocenters. The fourth-order valence-corrected chi connectivity index (χ4v) is 3.41. The summed E-state index contributed by atoms with van der Waals surface area (Å²) < 4.78 is 11.2. The molecule has 1 heterocycles. The smallest absolute Gasteiger partial charge is 0.335 e. The number of ether oxygens (including phenoxy) is 2. The van der Waals surface area contributed by atoms with Gasteiger partial charge in [-0.05, 0) is 74.2 Å². The Labute approximate surface area is 191 Å². The molecule has 4 amide bonds. The molecule has 0 radical (unpaired) electrons. The van der Waals surface area contributed by atoms with Crippen molar-refractivity contribution >= 4 is 41.2 Å². The van der Waals surface area contributed by atoms with E-state index < -0.39 is 17.8 Å². The molecular weight excluding hydrogens is 432 g/mol. The highest BCUT2D eigenvalue weighted by Crippen LogP contribution is 2.38. The average molecular weight is 457 g/mol. The monoisotopic (exact) mass is 456 g/mol. The van der Waals surface area contributed by atoms with Crippen molar-refractivity contribution in [3.05, 3.63) is 57.6 Å². The number of urea groups is 1. The van der Waals surface area contributed by atoms with Crippen LogP contribution in [0, 0.1) is 13.8 Å². The Morgan fingerprint density at radius 3 is 2.47 bits per heavy atom. The van der Waals surface area contributed by atoms with Gasteiger partial charge in [0.15, 0.2) is 11.5 Å². The minimum atomic E-state index is -0.798. The number of hydrogen-bond donors (Lipinski definition) is 1. The van der Waals surface area contributed by atoms with Crippen LogP contribution in [0.3, 0.4) is 0 Å². The lowest BCUT2D eigenvalue weighted by Gasteiger charge is -2.27. The zero-order chi connectivity index (χ0) is 23.6. The van der Waals surface area contributed by atoms with Gasteiger partial charge < -0.3 is 9.47 Å². The highest BCUT2D eigenvalue weighted by Gasteiger charge is 2.37. The molecule has 168 valence electrons. The highest BCUT2D eigenvalue weighted by molar-refractivity contribution is 6.39. The molecule has 0 saturated carbocycles. The fraction of sp³-hybridized carbons (Fsp3) is 0.292. The van der Waals surface area contributed by atoms with E-state index in [2.05, 4.69) is 5.32 Å². The highest BCUT2D eigenvalue weighted by atomic mass is 35.5. The maximum Gasteiger partial charge on any atom is 0.335 e. The predicted octanol–water partition coefficient (Wildman–Crippen LogP) is 4.81. The zero-order valence-corrected chi connectivity index (χ0v) is 19.4. The van der Waals surface area contributed by atoms with Gasteiger partial charge in [0.25, 0.3) is 11.8 Å². The third-order valence-electron chi connectivity index (χ3n) is 5.31. The van der Waals surface area contributed by atoms with Gasteiger partial charge >= 0.3 is 6.03 Å². The van der Waals surface area contributed by atoms with Gasteiger partial charge in [0.05, 0.1) is 23.9 Å². The van der Waals surface area contributed by atoms with Crippen LogP contribution in [0.1, 0.15) is 37.0 Å². The number of methoxy groups -OCH3 is 1. The van der Waals surface area contributed by atoms with Crippen molar-refractivity contribution in [3.63, 3.8) is 0 Å². The van der Waals surface area contributed by atoms with Crippen molar-refractivity contribution < 1.29 is 23.9 Å². The Hall–Kier alpha value is -3.32. The van der Waals surface area contributed by atoms with Gasteiger partial charge in [-0.1, -0.05) is 24.6 Å². The summed E-state index contributed by atoms with van der Waals surface area (Å²) >= 11 is 6.40. The van der Waals surface area contributed by atoms with Gasteiger partial charge in [0.1, 0.15) is 5.57 Å². The largest absolute Gasteiger partial charge is 0.493 e.